The molecule has 0 spiro atoms. The number of amides is 1. The van der Waals surface area contributed by atoms with Crippen LogP contribution in [0.3, 0.4) is 0 Å². The van der Waals surface area contributed by atoms with Crippen LogP contribution in [0.15, 0.2) is 0 Å². The summed E-state index contributed by atoms with van der Waals surface area (Å²) >= 11 is 0. The van der Waals surface area contributed by atoms with Crippen LogP contribution in [0.2, 0.25) is 0 Å². The van der Waals surface area contributed by atoms with Crippen molar-refractivity contribution in [2.75, 3.05) is 12.3 Å². The van der Waals surface area contributed by atoms with Gasteiger partial charge in [-0.3, -0.25) is 4.79 Å². The van der Waals surface area contributed by atoms with Crippen LogP contribution in [0.5, 0.6) is 0 Å². The van der Waals surface area contributed by atoms with Crippen LogP contribution in [0, 0.1) is 58.7 Å². The van der Waals surface area contributed by atoms with Gasteiger partial charge in [0.05, 0.1) is 28.1 Å². The number of fused-ring (bicyclic) bond motifs is 5. The molecule has 4 aliphatic rings. The fraction of sp³-hybridized carbons (Fsp3) is 0.964. The number of carbonyl (C=O) groups excluding carboxylic acids is 1. The zero-order chi connectivity index (χ0) is 26.4. The Morgan fingerprint density at radius 2 is 1.84 bits per heavy atom. The van der Waals surface area contributed by atoms with Gasteiger partial charge in [-0.25, -0.2) is 8.42 Å². The van der Waals surface area contributed by atoms with Gasteiger partial charge >= 0.3 is 29.6 Å². The first-order chi connectivity index (χ1) is 16.9. The summed E-state index contributed by atoms with van der Waals surface area (Å²) in [6, 6.07) is 0. The SMILES string of the molecule is CC[C@H]1[C@@H](O)[C@H]2[C@@H]3CC[C@@H]([C@H](C)CCC(=O)NCCS(=O)(=O)[O-])[C@H]3[C@H](C)C[C@@H]2[C@@]2(C)CC[C@@H](O)C[C@@H]12.[Na+]. The van der Waals surface area contributed by atoms with E-state index in [0.29, 0.717) is 53.8 Å². The summed E-state index contributed by atoms with van der Waals surface area (Å²) in [4.78, 5) is 12.2. The van der Waals surface area contributed by atoms with E-state index >= 15 is 0 Å². The van der Waals surface area contributed by atoms with Gasteiger partial charge in [0.25, 0.3) is 0 Å². The molecule has 0 aromatic rings. The van der Waals surface area contributed by atoms with E-state index in [2.05, 4.69) is 33.0 Å². The standard InChI is InChI=1S/C28H49NO6S.Na/c1-5-19-22-15-18(30)10-11-28(22,4)23-14-17(3)25-20(7-8-21(25)26(23)27(19)32)16(2)6-9-24(31)29-12-13-36(33,34)35;/h16-23,25-27,30,32H,5-15H2,1-4H3,(H,29,31)(H,33,34,35);/q;+1/p-1/t16-,17-,18-,19-,20+,21-,22+,23+,25-,26+,27-,28+;/m1./s1. The van der Waals surface area contributed by atoms with Crippen molar-refractivity contribution in [3.05, 3.63) is 0 Å². The molecule has 208 valence electrons. The Hall–Kier alpha value is 0.300. The third kappa shape index (κ3) is 6.46. The molecular weight excluding hydrogens is 501 g/mol. The molecule has 0 saturated heterocycles. The Bertz CT molecular complexity index is 901. The van der Waals surface area contributed by atoms with Gasteiger partial charge in [0.2, 0.25) is 5.91 Å². The maximum absolute atomic E-state index is 12.2. The van der Waals surface area contributed by atoms with Crippen molar-refractivity contribution in [3.8, 4) is 0 Å². The molecular formula is C28H48NNaO6S. The van der Waals surface area contributed by atoms with Crippen molar-refractivity contribution in [2.24, 2.45) is 58.7 Å². The van der Waals surface area contributed by atoms with Crippen LogP contribution in [-0.4, -0.2) is 53.6 Å². The molecule has 4 fully saturated rings. The molecule has 0 aromatic carbocycles. The molecule has 7 nitrogen and oxygen atoms in total. The van der Waals surface area contributed by atoms with Gasteiger partial charge in [-0.15, -0.1) is 0 Å². The van der Waals surface area contributed by atoms with E-state index in [1.807, 2.05) is 0 Å². The maximum Gasteiger partial charge on any atom is 1.00 e. The Morgan fingerprint density at radius 3 is 2.49 bits per heavy atom. The minimum absolute atomic E-state index is 0. The van der Waals surface area contributed by atoms with E-state index in [1.54, 1.807) is 0 Å². The minimum Gasteiger partial charge on any atom is -0.748 e. The molecule has 0 bridgehead atoms. The van der Waals surface area contributed by atoms with Crippen molar-refractivity contribution in [3.63, 3.8) is 0 Å². The van der Waals surface area contributed by atoms with E-state index in [-0.39, 0.29) is 65.6 Å². The van der Waals surface area contributed by atoms with E-state index in [1.165, 1.54) is 0 Å². The van der Waals surface area contributed by atoms with Gasteiger partial charge in [0, 0.05) is 13.0 Å². The van der Waals surface area contributed by atoms with Crippen molar-refractivity contribution < 1.29 is 57.5 Å². The Kier molecular flexibility index (Phi) is 10.7. The van der Waals surface area contributed by atoms with Crippen LogP contribution in [0.4, 0.5) is 0 Å². The molecule has 12 atom stereocenters. The molecule has 1 amide bonds. The second kappa shape index (κ2) is 12.4. The number of carbonyl (C=O) groups is 1. The van der Waals surface area contributed by atoms with E-state index in [0.717, 1.165) is 51.4 Å². The van der Waals surface area contributed by atoms with Crippen LogP contribution >= 0.6 is 0 Å². The normalized spacial score (nSPS) is 44.1. The number of nitrogens with one attached hydrogen (secondary N) is 1. The smallest absolute Gasteiger partial charge is 0.748 e. The van der Waals surface area contributed by atoms with Crippen molar-refractivity contribution in [2.45, 2.75) is 97.7 Å². The maximum atomic E-state index is 12.2. The minimum atomic E-state index is -4.32. The predicted octanol–water partition coefficient (Wildman–Crippen LogP) is 0.551. The molecule has 3 N–H and O–H groups in total. The van der Waals surface area contributed by atoms with Gasteiger partial charge < -0.3 is 20.1 Å². The summed E-state index contributed by atoms with van der Waals surface area (Å²) in [6.07, 6.45) is 7.76. The summed E-state index contributed by atoms with van der Waals surface area (Å²) < 4.78 is 32.3. The fourth-order valence-electron chi connectivity index (χ4n) is 9.75. The zero-order valence-corrected chi connectivity index (χ0v) is 26.4. The second-order valence-corrected chi connectivity index (χ2v) is 14.6. The molecule has 4 rings (SSSR count). The molecule has 0 heterocycles. The van der Waals surface area contributed by atoms with Gasteiger partial charge in [-0.1, -0.05) is 34.1 Å². The monoisotopic (exact) mass is 549 g/mol. The predicted molar refractivity (Wildman–Crippen MR) is 138 cm³/mol. The molecule has 0 aromatic heterocycles. The molecule has 0 radical (unpaired) electrons. The largest absolute Gasteiger partial charge is 1.00 e. The first-order valence-corrected chi connectivity index (χ1v) is 16.0. The Balaban J connectivity index is 0.00000380. The van der Waals surface area contributed by atoms with E-state index in [4.69, 9.17) is 0 Å². The summed E-state index contributed by atoms with van der Waals surface area (Å²) in [5, 5.41) is 24.8. The zero-order valence-electron chi connectivity index (χ0n) is 23.6. The third-order valence-corrected chi connectivity index (χ3v) is 12.1. The number of hydrogen-bond donors (Lipinski definition) is 3. The Morgan fingerprint density at radius 1 is 1.14 bits per heavy atom. The first-order valence-electron chi connectivity index (χ1n) is 14.4. The van der Waals surface area contributed by atoms with Gasteiger partial charge in [-0.2, -0.15) is 0 Å². The second-order valence-electron chi connectivity index (χ2n) is 13.1. The fourth-order valence-corrected chi connectivity index (χ4v) is 10.1. The molecule has 0 aliphatic heterocycles. The summed E-state index contributed by atoms with van der Waals surface area (Å²) in [7, 11) is -4.32. The van der Waals surface area contributed by atoms with Gasteiger partial charge in [0.1, 0.15) is 0 Å². The average molecular weight is 550 g/mol. The van der Waals surface area contributed by atoms with Crippen LogP contribution in [-0.2, 0) is 14.9 Å². The average Bonchev–Trinajstić information content (AvgIpc) is 3.24. The third-order valence-electron chi connectivity index (χ3n) is 11.4. The summed E-state index contributed by atoms with van der Waals surface area (Å²) in [6.45, 7) is 9.20. The molecule has 0 unspecified atom stereocenters. The molecule has 9 heteroatoms. The quantitative estimate of drug-likeness (QED) is 0.300. The number of hydrogen-bond acceptors (Lipinski definition) is 6. The summed E-state index contributed by atoms with van der Waals surface area (Å²) in [5.74, 6) is 3.34. The van der Waals surface area contributed by atoms with E-state index < -0.39 is 15.9 Å². The number of aliphatic hydroxyl groups excluding tert-OH is 2. The number of aliphatic hydroxyl groups is 2. The first kappa shape index (κ1) is 31.8. The topological polar surface area (TPSA) is 127 Å². The van der Waals surface area contributed by atoms with Crippen molar-refractivity contribution in [1.29, 1.82) is 0 Å². The Labute approximate surface area is 246 Å². The van der Waals surface area contributed by atoms with Gasteiger partial charge in [0.15, 0.2) is 0 Å². The summed E-state index contributed by atoms with van der Waals surface area (Å²) in [5.41, 5.74) is 0.197. The molecule has 37 heavy (non-hydrogen) atoms. The van der Waals surface area contributed by atoms with Gasteiger partial charge in [-0.05, 0) is 104 Å². The van der Waals surface area contributed by atoms with Crippen LogP contribution in [0.1, 0.15) is 85.5 Å². The van der Waals surface area contributed by atoms with Crippen LogP contribution < -0.4 is 34.9 Å². The van der Waals surface area contributed by atoms with Crippen molar-refractivity contribution >= 4 is 16.0 Å². The van der Waals surface area contributed by atoms with Crippen LogP contribution in [0.25, 0.3) is 0 Å². The van der Waals surface area contributed by atoms with Crippen molar-refractivity contribution in [1.82, 2.24) is 5.32 Å². The van der Waals surface area contributed by atoms with E-state index in [9.17, 15) is 28.0 Å². The number of rotatable bonds is 8. The molecule has 4 saturated carbocycles. The molecule has 4 aliphatic carbocycles.